The zero-order valence-electron chi connectivity index (χ0n) is 9.21. The van der Waals surface area contributed by atoms with Crippen LogP contribution < -0.4 is 10.6 Å². The van der Waals surface area contributed by atoms with Gasteiger partial charge in [0, 0.05) is 12.1 Å². The zero-order valence-corrected chi connectivity index (χ0v) is 9.21. The molecule has 5 nitrogen and oxygen atoms in total. The second kappa shape index (κ2) is 4.44. The second-order valence-electron chi connectivity index (χ2n) is 3.47. The van der Waals surface area contributed by atoms with Gasteiger partial charge in [-0.2, -0.15) is 0 Å². The van der Waals surface area contributed by atoms with E-state index in [0.29, 0.717) is 0 Å². The Morgan fingerprint density at radius 3 is 2.33 bits per heavy atom. The van der Waals surface area contributed by atoms with Crippen LogP contribution in [-0.2, 0) is 14.3 Å². The molecule has 18 heavy (non-hydrogen) atoms. The van der Waals surface area contributed by atoms with Crippen molar-refractivity contribution in [3.63, 3.8) is 0 Å². The number of fused-ring (bicyclic) bond motifs is 1. The van der Waals surface area contributed by atoms with Gasteiger partial charge in [-0.25, -0.2) is 13.6 Å². The number of rotatable bonds is 1. The summed E-state index contributed by atoms with van der Waals surface area (Å²) in [6, 6.07) is 1.74. The molecule has 0 spiro atoms. The monoisotopic (exact) mass is 254 g/mol. The molecule has 0 radical (unpaired) electrons. The molecule has 2 rings (SSSR count). The van der Waals surface area contributed by atoms with Gasteiger partial charge in [0.05, 0.1) is 24.6 Å². The van der Waals surface area contributed by atoms with Gasteiger partial charge < -0.3 is 15.4 Å². The topological polar surface area (TPSA) is 67.4 Å². The van der Waals surface area contributed by atoms with Crippen LogP contribution >= 0.6 is 0 Å². The average molecular weight is 254 g/mol. The molecule has 1 heterocycles. The maximum Gasteiger partial charge on any atom is 0.332 e. The third-order valence-corrected chi connectivity index (χ3v) is 2.29. The Labute approximate surface area is 100 Å². The molecule has 1 amide bonds. The van der Waals surface area contributed by atoms with Crippen LogP contribution in [0.25, 0.3) is 0 Å². The number of benzene rings is 1. The number of hydrogen-bond donors (Lipinski definition) is 2. The van der Waals surface area contributed by atoms with Crippen molar-refractivity contribution in [1.82, 2.24) is 0 Å². The van der Waals surface area contributed by atoms with Crippen LogP contribution in [-0.4, -0.2) is 19.0 Å². The first-order chi connectivity index (χ1) is 8.51. The smallest absolute Gasteiger partial charge is 0.332 e. The van der Waals surface area contributed by atoms with E-state index >= 15 is 0 Å². The van der Waals surface area contributed by atoms with Gasteiger partial charge in [0.15, 0.2) is 11.6 Å². The maximum atomic E-state index is 13.0. The molecule has 1 aromatic carbocycles. The van der Waals surface area contributed by atoms with E-state index in [-0.39, 0.29) is 17.1 Å². The minimum atomic E-state index is -1.07. The SMILES string of the molecule is COC(=O)/C=C1/Nc2cc(F)c(F)cc2NC1=O. The molecule has 0 unspecified atom stereocenters. The number of carbonyl (C=O) groups is 2. The molecule has 0 saturated carbocycles. The largest absolute Gasteiger partial charge is 0.466 e. The fraction of sp³-hybridized carbons (Fsp3) is 0.0909. The van der Waals surface area contributed by atoms with Crippen LogP contribution in [0.4, 0.5) is 20.2 Å². The summed E-state index contributed by atoms with van der Waals surface area (Å²) in [6.07, 6.45) is 0.916. The Hall–Kier alpha value is -2.44. The number of amides is 1. The van der Waals surface area contributed by atoms with Crippen molar-refractivity contribution in [2.75, 3.05) is 17.7 Å². The number of esters is 1. The minimum absolute atomic E-state index is 0.0981. The number of ether oxygens (including phenoxy) is 1. The summed E-state index contributed by atoms with van der Waals surface area (Å²) in [5.74, 6) is -3.51. The normalized spacial score (nSPS) is 15.7. The number of carbonyl (C=O) groups excluding carboxylic acids is 2. The van der Waals surface area contributed by atoms with E-state index < -0.39 is 23.5 Å². The molecule has 0 aliphatic carbocycles. The number of hydrogen-bond acceptors (Lipinski definition) is 4. The summed E-state index contributed by atoms with van der Waals surface area (Å²) in [6.45, 7) is 0. The van der Waals surface area contributed by atoms with E-state index in [0.717, 1.165) is 25.3 Å². The van der Waals surface area contributed by atoms with Crippen molar-refractivity contribution >= 4 is 23.3 Å². The molecule has 1 aromatic rings. The van der Waals surface area contributed by atoms with Gasteiger partial charge in [0.2, 0.25) is 0 Å². The summed E-state index contributed by atoms with van der Waals surface area (Å²) in [4.78, 5) is 22.5. The molecule has 0 fully saturated rings. The maximum absolute atomic E-state index is 13.0. The average Bonchev–Trinajstić information content (AvgIpc) is 2.32. The van der Waals surface area contributed by atoms with Crippen molar-refractivity contribution in [3.05, 3.63) is 35.5 Å². The Bertz CT molecular complexity index is 570. The number of anilines is 2. The second-order valence-corrected chi connectivity index (χ2v) is 3.47. The van der Waals surface area contributed by atoms with Crippen molar-refractivity contribution in [2.45, 2.75) is 0 Å². The molecule has 1 aliphatic heterocycles. The fourth-order valence-corrected chi connectivity index (χ4v) is 1.42. The lowest BCUT2D eigenvalue weighted by molar-refractivity contribution is -0.135. The molecule has 2 N–H and O–H groups in total. The predicted octanol–water partition coefficient (Wildman–Crippen LogP) is 1.39. The Morgan fingerprint density at radius 2 is 1.78 bits per heavy atom. The molecule has 94 valence electrons. The van der Waals surface area contributed by atoms with Crippen molar-refractivity contribution in [2.24, 2.45) is 0 Å². The molecular formula is C11H8F2N2O3. The predicted molar refractivity (Wildman–Crippen MR) is 58.7 cm³/mol. The number of methoxy groups -OCH3 is 1. The summed E-state index contributed by atoms with van der Waals surface area (Å²) < 4.78 is 30.3. The van der Waals surface area contributed by atoms with Crippen LogP contribution in [0.15, 0.2) is 23.9 Å². The first-order valence-corrected chi connectivity index (χ1v) is 4.88. The summed E-state index contributed by atoms with van der Waals surface area (Å²) in [5, 5.41) is 4.84. The van der Waals surface area contributed by atoms with Crippen LogP contribution in [0, 0.1) is 11.6 Å². The van der Waals surface area contributed by atoms with Crippen molar-refractivity contribution in [1.29, 1.82) is 0 Å². The van der Waals surface area contributed by atoms with E-state index in [4.69, 9.17) is 0 Å². The van der Waals surface area contributed by atoms with Gasteiger partial charge in [-0.05, 0) is 0 Å². The van der Waals surface area contributed by atoms with Crippen molar-refractivity contribution < 1.29 is 23.1 Å². The first-order valence-electron chi connectivity index (χ1n) is 4.88. The summed E-state index contributed by atoms with van der Waals surface area (Å²) >= 11 is 0. The van der Waals surface area contributed by atoms with Crippen molar-refractivity contribution in [3.8, 4) is 0 Å². The van der Waals surface area contributed by atoms with Crippen LogP contribution in [0.5, 0.6) is 0 Å². The van der Waals surface area contributed by atoms with Crippen LogP contribution in [0.2, 0.25) is 0 Å². The van der Waals surface area contributed by atoms with Crippen LogP contribution in [0.1, 0.15) is 0 Å². The minimum Gasteiger partial charge on any atom is -0.466 e. The molecule has 0 saturated heterocycles. The molecule has 0 atom stereocenters. The first kappa shape index (κ1) is 12.0. The van der Waals surface area contributed by atoms with Gasteiger partial charge >= 0.3 is 5.97 Å². The highest BCUT2D eigenvalue weighted by Crippen LogP contribution is 2.30. The van der Waals surface area contributed by atoms with Gasteiger partial charge in [-0.15, -0.1) is 0 Å². The van der Waals surface area contributed by atoms with E-state index in [9.17, 15) is 18.4 Å². The third kappa shape index (κ3) is 2.15. The zero-order chi connectivity index (χ0) is 13.3. The third-order valence-electron chi connectivity index (χ3n) is 2.29. The molecule has 1 aliphatic rings. The van der Waals surface area contributed by atoms with E-state index in [1.54, 1.807) is 0 Å². The lowest BCUT2D eigenvalue weighted by Gasteiger charge is -2.20. The lowest BCUT2D eigenvalue weighted by atomic mass is 10.2. The van der Waals surface area contributed by atoms with E-state index in [1.807, 2.05) is 0 Å². The van der Waals surface area contributed by atoms with E-state index in [2.05, 4.69) is 15.4 Å². The summed E-state index contributed by atoms with van der Waals surface area (Å²) in [5.41, 5.74) is 0.143. The Morgan fingerprint density at radius 1 is 1.22 bits per heavy atom. The molecule has 0 aromatic heterocycles. The molecule has 7 heteroatoms. The van der Waals surface area contributed by atoms with E-state index in [1.165, 1.54) is 0 Å². The molecule has 0 bridgehead atoms. The summed E-state index contributed by atoms with van der Waals surface area (Å²) in [7, 11) is 1.16. The highest BCUT2D eigenvalue weighted by atomic mass is 19.2. The Balaban J connectivity index is 2.39. The number of halogens is 2. The fourth-order valence-electron chi connectivity index (χ4n) is 1.42. The quantitative estimate of drug-likeness (QED) is 0.587. The molecular weight excluding hydrogens is 246 g/mol. The Kier molecular flexibility index (Phi) is 2.97. The van der Waals surface area contributed by atoms with Gasteiger partial charge in [0.25, 0.3) is 5.91 Å². The van der Waals surface area contributed by atoms with Gasteiger partial charge in [0.1, 0.15) is 5.70 Å². The highest BCUT2D eigenvalue weighted by molar-refractivity contribution is 6.13. The van der Waals surface area contributed by atoms with Gasteiger partial charge in [-0.1, -0.05) is 0 Å². The van der Waals surface area contributed by atoms with Crippen LogP contribution in [0.3, 0.4) is 0 Å². The number of nitrogens with one attached hydrogen (secondary N) is 2. The highest BCUT2D eigenvalue weighted by Gasteiger charge is 2.22. The standard InChI is InChI=1S/C11H8F2N2O3/c1-18-10(16)4-9-11(17)15-8-3-6(13)5(12)2-7(8)14-9/h2-4,14H,1H3,(H,15,17)/b9-4+. The lowest BCUT2D eigenvalue weighted by Crippen LogP contribution is -2.26. The van der Waals surface area contributed by atoms with Gasteiger partial charge in [-0.3, -0.25) is 4.79 Å².